The van der Waals surface area contributed by atoms with E-state index in [9.17, 15) is 18.4 Å². The highest BCUT2D eigenvalue weighted by molar-refractivity contribution is 5.97. The van der Waals surface area contributed by atoms with Gasteiger partial charge >= 0.3 is 0 Å². The summed E-state index contributed by atoms with van der Waals surface area (Å²) in [5, 5.41) is 2.93. The number of piperazine rings is 1. The largest absolute Gasteiger partial charge is 0.368 e. The van der Waals surface area contributed by atoms with E-state index in [2.05, 4.69) is 5.32 Å². The van der Waals surface area contributed by atoms with Gasteiger partial charge in [0.1, 0.15) is 17.7 Å². The minimum Gasteiger partial charge on any atom is -0.368 e. The number of hydrogen-bond donors (Lipinski definition) is 2. The maximum atomic E-state index is 13.1. The standard InChI is InChI=1S/C12H13F2N3O2/c13-8-3-7(4-9(14)5-8)12(19)17-2-1-16-6-10(17)11(15)18/h3-5,10,16H,1-2,6H2,(H2,15,18). The van der Waals surface area contributed by atoms with Crippen molar-refractivity contribution in [3.05, 3.63) is 35.4 Å². The van der Waals surface area contributed by atoms with Crippen LogP contribution in [0.2, 0.25) is 0 Å². The zero-order valence-electron chi connectivity index (χ0n) is 10.0. The summed E-state index contributed by atoms with van der Waals surface area (Å²) in [6.07, 6.45) is 0. The average molecular weight is 269 g/mol. The summed E-state index contributed by atoms with van der Waals surface area (Å²) in [5.74, 6) is -2.94. The first kappa shape index (κ1) is 13.4. The lowest BCUT2D eigenvalue weighted by Gasteiger charge is -2.34. The van der Waals surface area contributed by atoms with Gasteiger partial charge in [0.25, 0.3) is 5.91 Å². The normalized spacial score (nSPS) is 19.3. The topological polar surface area (TPSA) is 75.4 Å². The van der Waals surface area contributed by atoms with Gasteiger partial charge in [-0.2, -0.15) is 0 Å². The van der Waals surface area contributed by atoms with Crippen molar-refractivity contribution in [1.82, 2.24) is 10.2 Å². The van der Waals surface area contributed by atoms with Crippen molar-refractivity contribution < 1.29 is 18.4 Å². The number of nitrogens with two attached hydrogens (primary N) is 1. The van der Waals surface area contributed by atoms with E-state index in [1.165, 1.54) is 4.90 Å². The quantitative estimate of drug-likeness (QED) is 0.785. The minimum atomic E-state index is -0.839. The van der Waals surface area contributed by atoms with Gasteiger partial charge in [0, 0.05) is 31.3 Å². The maximum Gasteiger partial charge on any atom is 0.254 e. The highest BCUT2D eigenvalue weighted by Gasteiger charge is 2.31. The molecular formula is C12H13F2N3O2. The molecule has 7 heteroatoms. The zero-order chi connectivity index (χ0) is 14.0. The highest BCUT2D eigenvalue weighted by Crippen LogP contribution is 2.13. The molecule has 1 aliphatic rings. The van der Waals surface area contributed by atoms with E-state index in [4.69, 9.17) is 5.73 Å². The lowest BCUT2D eigenvalue weighted by atomic mass is 10.1. The Balaban J connectivity index is 2.28. The van der Waals surface area contributed by atoms with E-state index in [1.807, 2.05) is 0 Å². The second kappa shape index (κ2) is 5.31. The smallest absolute Gasteiger partial charge is 0.254 e. The number of hydrogen-bond acceptors (Lipinski definition) is 3. The Hall–Kier alpha value is -2.02. The van der Waals surface area contributed by atoms with Crippen molar-refractivity contribution in [2.45, 2.75) is 6.04 Å². The zero-order valence-corrected chi connectivity index (χ0v) is 10.0. The molecule has 0 spiro atoms. The Morgan fingerprint density at radius 2 is 1.89 bits per heavy atom. The number of nitrogens with zero attached hydrogens (tertiary/aromatic N) is 1. The Morgan fingerprint density at radius 1 is 1.26 bits per heavy atom. The van der Waals surface area contributed by atoms with Crippen LogP contribution in [0.1, 0.15) is 10.4 Å². The SMILES string of the molecule is NC(=O)C1CNCCN1C(=O)c1cc(F)cc(F)c1. The van der Waals surface area contributed by atoms with E-state index in [-0.39, 0.29) is 18.7 Å². The molecule has 1 aromatic rings. The molecule has 0 bridgehead atoms. The second-order valence-corrected chi connectivity index (χ2v) is 4.28. The molecule has 2 rings (SSSR count). The number of carbonyl (C=O) groups excluding carboxylic acids is 2. The van der Waals surface area contributed by atoms with Gasteiger partial charge in [0.2, 0.25) is 5.91 Å². The molecule has 1 atom stereocenters. The molecule has 3 N–H and O–H groups in total. The van der Waals surface area contributed by atoms with Crippen LogP contribution in [-0.4, -0.2) is 42.4 Å². The van der Waals surface area contributed by atoms with Crippen molar-refractivity contribution in [2.75, 3.05) is 19.6 Å². The van der Waals surface area contributed by atoms with Gasteiger partial charge < -0.3 is 16.0 Å². The Kier molecular flexibility index (Phi) is 3.75. The van der Waals surface area contributed by atoms with E-state index in [0.29, 0.717) is 12.6 Å². The highest BCUT2D eigenvalue weighted by atomic mass is 19.1. The molecule has 5 nitrogen and oxygen atoms in total. The second-order valence-electron chi connectivity index (χ2n) is 4.28. The Bertz CT molecular complexity index is 501. The third-order valence-electron chi connectivity index (χ3n) is 2.94. The van der Waals surface area contributed by atoms with Crippen LogP contribution in [0.25, 0.3) is 0 Å². The third kappa shape index (κ3) is 2.87. The van der Waals surface area contributed by atoms with Crippen LogP contribution in [0.4, 0.5) is 8.78 Å². The fourth-order valence-electron chi connectivity index (χ4n) is 2.04. The molecule has 0 radical (unpaired) electrons. The summed E-state index contributed by atoms with van der Waals surface area (Å²) in [6, 6.07) is 1.74. The Labute approximate surface area is 108 Å². The Morgan fingerprint density at radius 3 is 2.47 bits per heavy atom. The van der Waals surface area contributed by atoms with Gasteiger partial charge in [-0.25, -0.2) is 8.78 Å². The van der Waals surface area contributed by atoms with Gasteiger partial charge in [-0.1, -0.05) is 0 Å². The molecule has 0 aliphatic carbocycles. The predicted molar refractivity (Wildman–Crippen MR) is 63.2 cm³/mol. The fraction of sp³-hybridized carbons (Fsp3) is 0.333. The first-order valence-corrected chi connectivity index (χ1v) is 5.76. The molecule has 1 unspecified atom stereocenters. The van der Waals surface area contributed by atoms with Gasteiger partial charge in [-0.15, -0.1) is 0 Å². The van der Waals surface area contributed by atoms with Crippen LogP contribution < -0.4 is 11.1 Å². The average Bonchev–Trinajstić information content (AvgIpc) is 2.36. The number of amides is 2. The summed E-state index contributed by atoms with van der Waals surface area (Å²) in [7, 11) is 0. The lowest BCUT2D eigenvalue weighted by molar-refractivity contribution is -0.122. The summed E-state index contributed by atoms with van der Waals surface area (Å²) in [6.45, 7) is 0.983. The van der Waals surface area contributed by atoms with Crippen molar-refractivity contribution in [2.24, 2.45) is 5.73 Å². The predicted octanol–water partition coefficient (Wildman–Crippen LogP) is -0.136. The van der Waals surface area contributed by atoms with Crippen molar-refractivity contribution in [1.29, 1.82) is 0 Å². The molecule has 2 amide bonds. The van der Waals surface area contributed by atoms with Gasteiger partial charge in [-0.05, 0) is 12.1 Å². The van der Waals surface area contributed by atoms with E-state index in [1.54, 1.807) is 0 Å². The van der Waals surface area contributed by atoms with E-state index < -0.39 is 29.5 Å². The van der Waals surface area contributed by atoms with Crippen LogP contribution in [0.5, 0.6) is 0 Å². The number of rotatable bonds is 2. The molecule has 1 aliphatic heterocycles. The molecule has 19 heavy (non-hydrogen) atoms. The molecule has 1 heterocycles. The maximum absolute atomic E-state index is 13.1. The number of carbonyl (C=O) groups is 2. The number of halogens is 2. The summed E-state index contributed by atoms with van der Waals surface area (Å²) >= 11 is 0. The molecule has 0 aromatic heterocycles. The molecule has 1 fully saturated rings. The van der Waals surface area contributed by atoms with Crippen molar-refractivity contribution in [3.63, 3.8) is 0 Å². The number of primary amides is 1. The van der Waals surface area contributed by atoms with E-state index >= 15 is 0 Å². The van der Waals surface area contributed by atoms with Crippen LogP contribution in [-0.2, 0) is 4.79 Å². The number of benzene rings is 1. The lowest BCUT2D eigenvalue weighted by Crippen LogP contribution is -2.58. The summed E-state index contributed by atoms with van der Waals surface area (Å²) < 4.78 is 26.2. The first-order valence-electron chi connectivity index (χ1n) is 5.76. The summed E-state index contributed by atoms with van der Waals surface area (Å²) in [5.41, 5.74) is 5.08. The van der Waals surface area contributed by atoms with Crippen LogP contribution in [0.15, 0.2) is 18.2 Å². The van der Waals surface area contributed by atoms with Gasteiger partial charge in [0.15, 0.2) is 0 Å². The molecule has 102 valence electrons. The van der Waals surface area contributed by atoms with Crippen LogP contribution in [0.3, 0.4) is 0 Å². The van der Waals surface area contributed by atoms with Crippen LogP contribution >= 0.6 is 0 Å². The van der Waals surface area contributed by atoms with Gasteiger partial charge in [0.05, 0.1) is 0 Å². The monoisotopic (exact) mass is 269 g/mol. The van der Waals surface area contributed by atoms with E-state index in [0.717, 1.165) is 12.1 Å². The minimum absolute atomic E-state index is 0.134. The first-order chi connectivity index (χ1) is 8.99. The fourth-order valence-corrected chi connectivity index (χ4v) is 2.04. The number of nitrogens with one attached hydrogen (secondary N) is 1. The summed E-state index contributed by atoms with van der Waals surface area (Å²) in [4.78, 5) is 24.7. The molecule has 0 saturated carbocycles. The third-order valence-corrected chi connectivity index (χ3v) is 2.94. The molecular weight excluding hydrogens is 256 g/mol. The molecule has 1 saturated heterocycles. The molecule has 1 aromatic carbocycles. The van der Waals surface area contributed by atoms with Crippen molar-refractivity contribution in [3.8, 4) is 0 Å². The van der Waals surface area contributed by atoms with Crippen molar-refractivity contribution >= 4 is 11.8 Å². The van der Waals surface area contributed by atoms with Crippen LogP contribution in [0, 0.1) is 11.6 Å². The van der Waals surface area contributed by atoms with Gasteiger partial charge in [-0.3, -0.25) is 9.59 Å².